The van der Waals surface area contributed by atoms with E-state index in [0.717, 1.165) is 14.6 Å². The molecular formula is C12H6BrF3N4. The fourth-order valence-corrected chi connectivity index (χ4v) is 2.02. The minimum absolute atomic E-state index is 0.0854. The van der Waals surface area contributed by atoms with Crippen molar-refractivity contribution in [2.75, 3.05) is 0 Å². The molecule has 0 aliphatic rings. The molecule has 0 aliphatic heterocycles. The zero-order chi connectivity index (χ0) is 14.3. The van der Waals surface area contributed by atoms with Crippen molar-refractivity contribution >= 4 is 21.7 Å². The van der Waals surface area contributed by atoms with E-state index in [1.54, 1.807) is 30.3 Å². The molecule has 4 nitrogen and oxygen atoms in total. The minimum Gasteiger partial charge on any atom is -0.220 e. The van der Waals surface area contributed by atoms with Crippen molar-refractivity contribution in [3.63, 3.8) is 0 Å². The van der Waals surface area contributed by atoms with Gasteiger partial charge in [-0.1, -0.05) is 28.1 Å². The number of hydrogen-bond acceptors (Lipinski definition) is 3. The average molecular weight is 343 g/mol. The lowest BCUT2D eigenvalue weighted by Gasteiger charge is -2.03. The number of hydrogen-bond donors (Lipinski definition) is 0. The summed E-state index contributed by atoms with van der Waals surface area (Å²) in [6.45, 7) is 0. The first-order valence-corrected chi connectivity index (χ1v) is 6.29. The van der Waals surface area contributed by atoms with Gasteiger partial charge in [0.15, 0.2) is 0 Å². The predicted molar refractivity (Wildman–Crippen MR) is 68.9 cm³/mol. The average Bonchev–Trinajstić information content (AvgIpc) is 2.83. The number of aromatic nitrogens is 4. The maximum Gasteiger partial charge on any atom is 0.453 e. The van der Waals surface area contributed by atoms with Gasteiger partial charge in [0.1, 0.15) is 0 Å². The Balaban J connectivity index is 2.21. The third kappa shape index (κ3) is 2.26. The van der Waals surface area contributed by atoms with Crippen LogP contribution < -0.4 is 0 Å². The normalized spacial score (nSPS) is 12.0. The Morgan fingerprint density at radius 3 is 2.40 bits per heavy atom. The van der Waals surface area contributed by atoms with Crippen LogP contribution in [-0.2, 0) is 6.18 Å². The standard InChI is InChI=1S/C12H6BrF3N4/c13-8-3-1-7(2-4-8)9-5-6-17-11-18-10(12(14,15)16)19-20(9)11/h1-6H. The van der Waals surface area contributed by atoms with E-state index in [9.17, 15) is 13.2 Å². The van der Waals surface area contributed by atoms with Crippen LogP contribution in [0.4, 0.5) is 13.2 Å². The van der Waals surface area contributed by atoms with Gasteiger partial charge in [-0.25, -0.2) is 4.98 Å². The summed E-state index contributed by atoms with van der Waals surface area (Å²) in [5.74, 6) is -1.28. The molecule has 0 amide bonds. The third-order valence-electron chi connectivity index (χ3n) is 2.63. The maximum atomic E-state index is 12.6. The maximum absolute atomic E-state index is 12.6. The highest BCUT2D eigenvalue weighted by molar-refractivity contribution is 9.10. The number of nitrogens with zero attached hydrogens (tertiary/aromatic N) is 4. The number of benzene rings is 1. The first kappa shape index (κ1) is 13.0. The highest BCUT2D eigenvalue weighted by Crippen LogP contribution is 2.28. The Morgan fingerprint density at radius 1 is 1.05 bits per heavy atom. The van der Waals surface area contributed by atoms with Crippen LogP contribution in [0.2, 0.25) is 0 Å². The van der Waals surface area contributed by atoms with E-state index < -0.39 is 12.0 Å². The smallest absolute Gasteiger partial charge is 0.220 e. The van der Waals surface area contributed by atoms with Gasteiger partial charge >= 0.3 is 6.18 Å². The van der Waals surface area contributed by atoms with Crippen LogP contribution in [0.3, 0.4) is 0 Å². The molecule has 0 radical (unpaired) electrons. The van der Waals surface area contributed by atoms with Gasteiger partial charge in [-0.05, 0) is 18.2 Å². The molecule has 0 N–H and O–H groups in total. The Bertz CT molecular complexity index is 764. The highest BCUT2D eigenvalue weighted by atomic mass is 79.9. The molecule has 0 saturated heterocycles. The molecule has 0 atom stereocenters. The molecule has 3 aromatic rings. The van der Waals surface area contributed by atoms with E-state index >= 15 is 0 Å². The number of alkyl halides is 3. The number of rotatable bonds is 1. The summed E-state index contributed by atoms with van der Waals surface area (Å²) in [7, 11) is 0. The van der Waals surface area contributed by atoms with E-state index in [-0.39, 0.29) is 5.78 Å². The molecule has 0 aliphatic carbocycles. The van der Waals surface area contributed by atoms with Crippen LogP contribution in [0, 0.1) is 0 Å². The Morgan fingerprint density at radius 2 is 1.75 bits per heavy atom. The molecule has 1 aromatic carbocycles. The zero-order valence-electron chi connectivity index (χ0n) is 9.76. The third-order valence-corrected chi connectivity index (χ3v) is 3.16. The molecule has 3 rings (SSSR count). The second kappa shape index (κ2) is 4.55. The fourth-order valence-electron chi connectivity index (χ4n) is 1.75. The Hall–Kier alpha value is -1.96. The molecule has 0 bridgehead atoms. The summed E-state index contributed by atoms with van der Waals surface area (Å²) in [4.78, 5) is 7.19. The number of fused-ring (bicyclic) bond motifs is 1. The monoisotopic (exact) mass is 342 g/mol. The van der Waals surface area contributed by atoms with E-state index in [2.05, 4.69) is 31.0 Å². The molecule has 20 heavy (non-hydrogen) atoms. The lowest BCUT2D eigenvalue weighted by Crippen LogP contribution is -2.07. The van der Waals surface area contributed by atoms with E-state index in [1.807, 2.05) is 0 Å². The van der Waals surface area contributed by atoms with Gasteiger partial charge in [0.25, 0.3) is 11.6 Å². The van der Waals surface area contributed by atoms with Crippen LogP contribution in [0.5, 0.6) is 0 Å². The molecule has 102 valence electrons. The van der Waals surface area contributed by atoms with Crippen molar-refractivity contribution in [2.45, 2.75) is 6.18 Å². The van der Waals surface area contributed by atoms with Gasteiger partial charge < -0.3 is 0 Å². The van der Waals surface area contributed by atoms with Crippen molar-refractivity contribution in [3.05, 3.63) is 46.8 Å². The molecule has 0 spiro atoms. The van der Waals surface area contributed by atoms with Gasteiger partial charge in [-0.2, -0.15) is 22.7 Å². The van der Waals surface area contributed by atoms with Crippen LogP contribution in [-0.4, -0.2) is 19.6 Å². The molecular weight excluding hydrogens is 337 g/mol. The zero-order valence-corrected chi connectivity index (χ0v) is 11.4. The van der Waals surface area contributed by atoms with Gasteiger partial charge in [0, 0.05) is 16.2 Å². The van der Waals surface area contributed by atoms with Crippen LogP contribution in [0.1, 0.15) is 5.82 Å². The Labute approximate surface area is 119 Å². The molecule has 2 heterocycles. The lowest BCUT2D eigenvalue weighted by atomic mass is 10.1. The molecule has 0 unspecified atom stereocenters. The molecule has 8 heteroatoms. The van der Waals surface area contributed by atoms with Crippen molar-refractivity contribution in [1.29, 1.82) is 0 Å². The molecule has 2 aromatic heterocycles. The first-order valence-electron chi connectivity index (χ1n) is 5.50. The summed E-state index contributed by atoms with van der Waals surface area (Å²) in [5, 5.41) is 3.49. The van der Waals surface area contributed by atoms with Crippen molar-refractivity contribution < 1.29 is 13.2 Å². The first-order chi connectivity index (χ1) is 9.45. The van der Waals surface area contributed by atoms with E-state index in [4.69, 9.17) is 0 Å². The molecule has 0 saturated carbocycles. The second-order valence-corrected chi connectivity index (χ2v) is 4.90. The van der Waals surface area contributed by atoms with Crippen molar-refractivity contribution in [2.24, 2.45) is 0 Å². The quantitative estimate of drug-likeness (QED) is 0.678. The van der Waals surface area contributed by atoms with Crippen molar-refractivity contribution in [1.82, 2.24) is 19.6 Å². The summed E-state index contributed by atoms with van der Waals surface area (Å²) in [6.07, 6.45) is -3.19. The second-order valence-electron chi connectivity index (χ2n) is 3.98. The van der Waals surface area contributed by atoms with Crippen LogP contribution in [0.25, 0.3) is 17.0 Å². The topological polar surface area (TPSA) is 43.1 Å². The SMILES string of the molecule is FC(F)(F)c1nc2nccc(-c3ccc(Br)cc3)n2n1. The lowest BCUT2D eigenvalue weighted by molar-refractivity contribution is -0.144. The summed E-state index contributed by atoms with van der Waals surface area (Å²) in [5.41, 5.74) is 1.21. The van der Waals surface area contributed by atoms with Gasteiger partial charge in [0.2, 0.25) is 0 Å². The summed E-state index contributed by atoms with van der Waals surface area (Å²) >= 11 is 3.30. The van der Waals surface area contributed by atoms with E-state index in [1.165, 1.54) is 6.20 Å². The van der Waals surface area contributed by atoms with Gasteiger partial charge in [0.05, 0.1) is 5.69 Å². The van der Waals surface area contributed by atoms with Gasteiger partial charge in [-0.3, -0.25) is 0 Å². The van der Waals surface area contributed by atoms with Gasteiger partial charge in [-0.15, -0.1) is 5.10 Å². The highest BCUT2D eigenvalue weighted by Gasteiger charge is 2.36. The predicted octanol–water partition coefficient (Wildman–Crippen LogP) is 3.57. The van der Waals surface area contributed by atoms with Crippen molar-refractivity contribution in [3.8, 4) is 11.3 Å². The Kier molecular flexibility index (Phi) is 2.97. The fraction of sp³-hybridized carbons (Fsp3) is 0.0833. The van der Waals surface area contributed by atoms with Crippen LogP contribution >= 0.6 is 15.9 Å². The van der Waals surface area contributed by atoms with Crippen LogP contribution in [0.15, 0.2) is 41.0 Å². The largest absolute Gasteiger partial charge is 0.453 e. The molecule has 0 fully saturated rings. The van der Waals surface area contributed by atoms with E-state index in [0.29, 0.717) is 5.69 Å². The summed E-state index contributed by atoms with van der Waals surface area (Å²) < 4.78 is 39.9. The number of halogens is 4. The minimum atomic E-state index is -4.59. The summed E-state index contributed by atoms with van der Waals surface area (Å²) in [6, 6.07) is 8.72.